The van der Waals surface area contributed by atoms with Crippen molar-refractivity contribution in [3.8, 4) is 0 Å². The number of amides is 1. The van der Waals surface area contributed by atoms with Crippen molar-refractivity contribution in [2.75, 3.05) is 17.2 Å². The summed E-state index contributed by atoms with van der Waals surface area (Å²) in [5.41, 5.74) is 3.13. The topological polar surface area (TPSA) is 117 Å². The number of aliphatic hydroxyl groups is 1. The Morgan fingerprint density at radius 2 is 2.10 bits per heavy atom. The molecule has 156 valence electrons. The Morgan fingerprint density at radius 3 is 2.90 bits per heavy atom. The zero-order valence-corrected chi connectivity index (χ0v) is 16.7. The van der Waals surface area contributed by atoms with Crippen LogP contribution in [0.4, 0.5) is 17.5 Å². The molecule has 31 heavy (non-hydrogen) atoms. The third-order valence-corrected chi connectivity index (χ3v) is 5.93. The van der Waals surface area contributed by atoms with Crippen molar-refractivity contribution in [3.63, 3.8) is 0 Å². The number of benzene rings is 1. The highest BCUT2D eigenvalue weighted by molar-refractivity contribution is 6.54. The van der Waals surface area contributed by atoms with Gasteiger partial charge in [-0.25, -0.2) is 9.98 Å². The second-order valence-corrected chi connectivity index (χ2v) is 8.21. The molecule has 0 bridgehead atoms. The van der Waals surface area contributed by atoms with E-state index < -0.39 is 0 Å². The molecule has 0 spiro atoms. The van der Waals surface area contributed by atoms with Gasteiger partial charge in [-0.2, -0.15) is 9.97 Å². The molecule has 9 heteroatoms. The fourth-order valence-electron chi connectivity index (χ4n) is 4.13. The summed E-state index contributed by atoms with van der Waals surface area (Å²) in [5.74, 6) is 0.726. The van der Waals surface area contributed by atoms with Crippen molar-refractivity contribution < 1.29 is 9.90 Å². The summed E-state index contributed by atoms with van der Waals surface area (Å²) in [4.78, 5) is 30.9. The first-order chi connectivity index (χ1) is 15.2. The van der Waals surface area contributed by atoms with Crippen LogP contribution in [0.1, 0.15) is 30.9 Å². The van der Waals surface area contributed by atoms with Gasteiger partial charge in [0.25, 0.3) is 11.9 Å². The minimum absolute atomic E-state index is 0.0573. The first kappa shape index (κ1) is 18.2. The maximum absolute atomic E-state index is 12.5. The van der Waals surface area contributed by atoms with Gasteiger partial charge in [0.2, 0.25) is 0 Å². The van der Waals surface area contributed by atoms with Crippen LogP contribution in [0.2, 0.25) is 0 Å². The molecule has 6 rings (SSSR count). The summed E-state index contributed by atoms with van der Waals surface area (Å²) in [6.07, 6.45) is 8.84. The normalized spacial score (nSPS) is 23.5. The molecule has 1 fully saturated rings. The van der Waals surface area contributed by atoms with E-state index in [4.69, 9.17) is 0 Å². The molecule has 3 heterocycles. The van der Waals surface area contributed by atoms with Crippen LogP contribution in [-0.2, 0) is 4.79 Å². The van der Waals surface area contributed by atoms with Gasteiger partial charge in [0, 0.05) is 24.1 Å². The Kier molecular flexibility index (Phi) is 4.10. The quantitative estimate of drug-likeness (QED) is 0.552. The third kappa shape index (κ3) is 3.17. The molecule has 1 saturated carbocycles. The number of hydrogen-bond acceptors (Lipinski definition) is 7. The lowest BCUT2D eigenvalue weighted by Gasteiger charge is -2.13. The minimum Gasteiger partial charge on any atom is -0.396 e. The van der Waals surface area contributed by atoms with Gasteiger partial charge in [-0.15, -0.1) is 0 Å². The molecule has 3 N–H and O–H groups in total. The second kappa shape index (κ2) is 6.98. The average Bonchev–Trinajstić information content (AvgIpc) is 3.18. The van der Waals surface area contributed by atoms with E-state index >= 15 is 0 Å². The molecule has 2 atom stereocenters. The van der Waals surface area contributed by atoms with Crippen LogP contribution >= 0.6 is 0 Å². The summed E-state index contributed by atoms with van der Waals surface area (Å²) >= 11 is 0. The van der Waals surface area contributed by atoms with Crippen LogP contribution in [0.5, 0.6) is 0 Å². The molecule has 1 aliphatic heterocycles. The first-order valence-corrected chi connectivity index (χ1v) is 10.5. The molecule has 0 saturated heterocycles. The van der Waals surface area contributed by atoms with E-state index in [-0.39, 0.29) is 30.4 Å². The number of rotatable bonds is 5. The lowest BCUT2D eigenvalue weighted by molar-refractivity contribution is -0.110. The molecule has 3 aromatic rings. The monoisotopic (exact) mass is 415 g/mol. The first-order valence-electron chi connectivity index (χ1n) is 10.5. The number of para-hydroxylation sites is 1. The number of imidazole rings is 1. The van der Waals surface area contributed by atoms with Crippen molar-refractivity contribution in [3.05, 3.63) is 48.3 Å². The van der Waals surface area contributed by atoms with Crippen molar-refractivity contribution in [2.24, 2.45) is 10.9 Å². The maximum Gasteiger partial charge on any atom is 0.275 e. The maximum atomic E-state index is 12.5. The molecule has 1 amide bonds. The van der Waals surface area contributed by atoms with E-state index in [2.05, 4.69) is 36.7 Å². The van der Waals surface area contributed by atoms with E-state index in [1.807, 2.05) is 34.9 Å². The van der Waals surface area contributed by atoms with E-state index in [1.54, 1.807) is 6.33 Å². The SMILES string of the molecule is O=C1Nc2ccccc2/C1=N/c1nc(NC2CC2)c2ncn([C@H]3C=C[C@@H](CO)C3)c2n1. The summed E-state index contributed by atoms with van der Waals surface area (Å²) < 4.78 is 1.99. The predicted octanol–water partition coefficient (Wildman–Crippen LogP) is 2.58. The zero-order chi connectivity index (χ0) is 20.9. The van der Waals surface area contributed by atoms with Crippen LogP contribution in [0.15, 0.2) is 47.7 Å². The molecular weight excluding hydrogens is 394 g/mol. The Morgan fingerprint density at radius 1 is 1.23 bits per heavy atom. The van der Waals surface area contributed by atoms with Gasteiger partial charge in [-0.3, -0.25) is 4.79 Å². The van der Waals surface area contributed by atoms with Gasteiger partial charge in [-0.1, -0.05) is 30.4 Å². The van der Waals surface area contributed by atoms with Gasteiger partial charge in [0.1, 0.15) is 5.71 Å². The number of fused-ring (bicyclic) bond motifs is 2. The molecular formula is C22H21N7O2. The highest BCUT2D eigenvalue weighted by Gasteiger charge is 2.28. The molecule has 1 aromatic carbocycles. The predicted molar refractivity (Wildman–Crippen MR) is 117 cm³/mol. The van der Waals surface area contributed by atoms with Crippen LogP contribution in [-0.4, -0.2) is 48.9 Å². The molecule has 0 unspecified atom stereocenters. The Hall–Kier alpha value is -3.59. The largest absolute Gasteiger partial charge is 0.396 e. The van der Waals surface area contributed by atoms with Gasteiger partial charge in [-0.05, 0) is 25.3 Å². The van der Waals surface area contributed by atoms with E-state index in [9.17, 15) is 9.90 Å². The van der Waals surface area contributed by atoms with E-state index in [1.165, 1.54) is 0 Å². The van der Waals surface area contributed by atoms with E-state index in [0.29, 0.717) is 28.7 Å². The number of aromatic nitrogens is 4. The summed E-state index contributed by atoms with van der Waals surface area (Å²) in [7, 11) is 0. The van der Waals surface area contributed by atoms with Gasteiger partial charge in [0.05, 0.1) is 18.1 Å². The number of hydrogen-bond donors (Lipinski definition) is 3. The van der Waals surface area contributed by atoms with Crippen molar-refractivity contribution in [1.82, 2.24) is 19.5 Å². The molecule has 2 aromatic heterocycles. The average molecular weight is 415 g/mol. The number of carbonyl (C=O) groups is 1. The highest BCUT2D eigenvalue weighted by atomic mass is 16.3. The lowest BCUT2D eigenvalue weighted by Crippen LogP contribution is -2.14. The van der Waals surface area contributed by atoms with Crippen molar-refractivity contribution in [1.29, 1.82) is 0 Å². The molecule has 9 nitrogen and oxygen atoms in total. The van der Waals surface area contributed by atoms with E-state index in [0.717, 1.165) is 30.5 Å². The number of anilines is 2. The Balaban J connectivity index is 1.46. The second-order valence-electron chi connectivity index (χ2n) is 8.21. The van der Waals surface area contributed by atoms with Gasteiger partial charge >= 0.3 is 0 Å². The Labute approximate surface area is 178 Å². The number of nitrogens with one attached hydrogen (secondary N) is 2. The number of aliphatic imine (C=N–C) groups is 1. The standard InChI is InChI=1S/C22H21N7O2/c30-10-12-5-8-14(9-12)29-11-23-18-19(24-13-6-7-13)27-22(28-20(18)29)26-17-15-3-1-2-4-16(15)25-21(17)31/h1-5,8,11-14,30H,6-7,9-10H2,(H2,24,25,26,27,28,31)/t12-,14+/m1/s1. The van der Waals surface area contributed by atoms with Crippen molar-refractivity contribution >= 4 is 40.2 Å². The molecule has 3 aliphatic rings. The smallest absolute Gasteiger partial charge is 0.275 e. The van der Waals surface area contributed by atoms with Gasteiger partial charge < -0.3 is 20.3 Å². The fraction of sp³-hybridized carbons (Fsp3) is 0.318. The number of nitrogens with zero attached hydrogens (tertiary/aromatic N) is 5. The van der Waals surface area contributed by atoms with Crippen LogP contribution < -0.4 is 10.6 Å². The van der Waals surface area contributed by atoms with Gasteiger partial charge in [0.15, 0.2) is 17.0 Å². The minimum atomic E-state index is -0.264. The number of allylic oxidation sites excluding steroid dienone is 1. The summed E-state index contributed by atoms with van der Waals surface area (Å²) in [5, 5.41) is 15.7. The van der Waals surface area contributed by atoms with Crippen LogP contribution in [0.3, 0.4) is 0 Å². The summed E-state index contributed by atoms with van der Waals surface area (Å²) in [6.45, 7) is 0.122. The lowest BCUT2D eigenvalue weighted by atomic mass is 10.1. The fourth-order valence-corrected chi connectivity index (χ4v) is 4.13. The van der Waals surface area contributed by atoms with Crippen LogP contribution in [0, 0.1) is 5.92 Å². The number of aliphatic hydroxyl groups excluding tert-OH is 1. The van der Waals surface area contributed by atoms with Crippen molar-refractivity contribution in [2.45, 2.75) is 31.3 Å². The Bertz CT molecular complexity index is 1260. The molecule has 0 radical (unpaired) electrons. The zero-order valence-electron chi connectivity index (χ0n) is 16.7. The number of carbonyl (C=O) groups excluding carboxylic acids is 1. The third-order valence-electron chi connectivity index (χ3n) is 5.93. The molecule has 2 aliphatic carbocycles. The van der Waals surface area contributed by atoms with Crippen LogP contribution in [0.25, 0.3) is 11.2 Å². The summed E-state index contributed by atoms with van der Waals surface area (Å²) in [6, 6.07) is 7.88. The highest BCUT2D eigenvalue weighted by Crippen LogP contribution is 2.34.